The Hall–Kier alpha value is -2.19. The Kier molecular flexibility index (Phi) is 9.52. The molecule has 0 heterocycles. The molecule has 0 saturated carbocycles. The summed E-state index contributed by atoms with van der Waals surface area (Å²) in [5.41, 5.74) is 3.12. The van der Waals surface area contributed by atoms with E-state index in [9.17, 15) is 13.2 Å². The summed E-state index contributed by atoms with van der Waals surface area (Å²) in [5, 5.41) is 2.91. The van der Waals surface area contributed by atoms with Crippen LogP contribution in [0.5, 0.6) is 5.75 Å². The molecule has 0 aromatic heterocycles. The van der Waals surface area contributed by atoms with Crippen LogP contribution in [0.1, 0.15) is 24.0 Å². The van der Waals surface area contributed by atoms with Gasteiger partial charge in [0.05, 0.1) is 19.1 Å². The number of aryl methyl sites for hydroxylation is 1. The molecular formula is C22H30N2O4S2. The molecule has 0 spiro atoms. The molecule has 0 aliphatic heterocycles. The van der Waals surface area contributed by atoms with Crippen molar-refractivity contribution in [3.05, 3.63) is 59.7 Å². The van der Waals surface area contributed by atoms with Crippen LogP contribution >= 0.6 is 11.8 Å². The van der Waals surface area contributed by atoms with Crippen molar-refractivity contribution in [1.29, 1.82) is 0 Å². The summed E-state index contributed by atoms with van der Waals surface area (Å²) >= 11 is 1.78. The summed E-state index contributed by atoms with van der Waals surface area (Å²) in [5.74, 6) is 2.28. The normalized spacial score (nSPS) is 11.2. The van der Waals surface area contributed by atoms with Gasteiger partial charge in [-0.1, -0.05) is 30.3 Å². The predicted molar refractivity (Wildman–Crippen MR) is 125 cm³/mol. The molecule has 2 rings (SSSR count). The van der Waals surface area contributed by atoms with Gasteiger partial charge in [-0.2, -0.15) is 11.8 Å². The number of sulfonamides is 1. The van der Waals surface area contributed by atoms with Crippen LogP contribution < -0.4 is 14.4 Å². The Balaban J connectivity index is 1.73. The first kappa shape index (κ1) is 24.1. The maximum atomic E-state index is 12.2. The lowest BCUT2D eigenvalue weighted by molar-refractivity contribution is -0.121. The third-order valence-corrected chi connectivity index (χ3v) is 6.80. The highest BCUT2D eigenvalue weighted by Gasteiger charge is 2.18. The van der Waals surface area contributed by atoms with Gasteiger partial charge < -0.3 is 10.1 Å². The number of anilines is 1. The number of benzene rings is 2. The Morgan fingerprint density at radius 3 is 2.63 bits per heavy atom. The van der Waals surface area contributed by atoms with E-state index in [-0.39, 0.29) is 18.9 Å². The summed E-state index contributed by atoms with van der Waals surface area (Å²) < 4.78 is 30.8. The summed E-state index contributed by atoms with van der Waals surface area (Å²) in [6, 6.07) is 15.2. The number of ether oxygens (including phenoxy) is 1. The van der Waals surface area contributed by atoms with Crippen LogP contribution in [0.2, 0.25) is 0 Å². The fourth-order valence-corrected chi connectivity index (χ4v) is 4.83. The topological polar surface area (TPSA) is 75.7 Å². The number of nitrogens with zero attached hydrogens (tertiary/aromatic N) is 1. The second-order valence-electron chi connectivity index (χ2n) is 6.97. The van der Waals surface area contributed by atoms with Gasteiger partial charge in [-0.05, 0) is 36.6 Å². The summed E-state index contributed by atoms with van der Waals surface area (Å²) in [4.78, 5) is 12.1. The third-order valence-electron chi connectivity index (χ3n) is 4.59. The van der Waals surface area contributed by atoms with Crippen molar-refractivity contribution >= 4 is 33.4 Å². The van der Waals surface area contributed by atoms with Crippen LogP contribution in [0.4, 0.5) is 5.69 Å². The molecule has 0 radical (unpaired) electrons. The van der Waals surface area contributed by atoms with Crippen molar-refractivity contribution in [3.63, 3.8) is 0 Å². The first-order valence-electron chi connectivity index (χ1n) is 9.82. The fraction of sp³-hybridized carbons (Fsp3) is 0.409. The van der Waals surface area contributed by atoms with Gasteiger partial charge in [0.15, 0.2) is 0 Å². The lowest BCUT2D eigenvalue weighted by atomic mass is 10.1. The minimum Gasteiger partial charge on any atom is -0.497 e. The van der Waals surface area contributed by atoms with Crippen LogP contribution in [-0.2, 0) is 20.6 Å². The number of thioether (sulfide) groups is 1. The maximum Gasteiger partial charge on any atom is 0.232 e. The van der Waals surface area contributed by atoms with Gasteiger partial charge in [-0.25, -0.2) is 8.42 Å². The molecule has 30 heavy (non-hydrogen) atoms. The fourth-order valence-electron chi connectivity index (χ4n) is 2.94. The Morgan fingerprint density at radius 1 is 1.17 bits per heavy atom. The Labute approximate surface area is 184 Å². The molecule has 0 bridgehead atoms. The van der Waals surface area contributed by atoms with Crippen LogP contribution in [0, 0.1) is 6.92 Å². The molecule has 164 valence electrons. The van der Waals surface area contributed by atoms with E-state index >= 15 is 0 Å². The van der Waals surface area contributed by atoms with E-state index in [0.29, 0.717) is 24.4 Å². The highest BCUT2D eigenvalue weighted by molar-refractivity contribution is 7.98. The lowest BCUT2D eigenvalue weighted by Crippen LogP contribution is -2.32. The highest BCUT2D eigenvalue weighted by atomic mass is 32.2. The van der Waals surface area contributed by atoms with E-state index in [1.807, 2.05) is 12.1 Å². The molecule has 0 fully saturated rings. The average molecular weight is 451 g/mol. The van der Waals surface area contributed by atoms with Crippen molar-refractivity contribution in [3.8, 4) is 5.75 Å². The van der Waals surface area contributed by atoms with Crippen molar-refractivity contribution in [2.24, 2.45) is 0 Å². The van der Waals surface area contributed by atoms with Gasteiger partial charge in [0.25, 0.3) is 0 Å². The van der Waals surface area contributed by atoms with Gasteiger partial charge in [0, 0.05) is 37.1 Å². The van der Waals surface area contributed by atoms with Gasteiger partial charge in [-0.3, -0.25) is 9.10 Å². The quantitative estimate of drug-likeness (QED) is 0.500. The SMILES string of the molecule is COc1cccc(N(CCCC(=O)NCCSCc2ccccc2C)S(C)(=O)=O)c1. The zero-order valence-corrected chi connectivity index (χ0v) is 19.4. The maximum absolute atomic E-state index is 12.2. The van der Waals surface area contributed by atoms with E-state index in [1.54, 1.807) is 36.0 Å². The zero-order chi connectivity index (χ0) is 22.0. The molecule has 0 aliphatic carbocycles. The van der Waals surface area contributed by atoms with Crippen molar-refractivity contribution in [2.75, 3.05) is 36.5 Å². The molecule has 0 aliphatic rings. The van der Waals surface area contributed by atoms with E-state index in [1.165, 1.54) is 22.5 Å². The van der Waals surface area contributed by atoms with Crippen molar-refractivity contribution < 1.29 is 17.9 Å². The molecule has 8 heteroatoms. The molecule has 0 saturated heterocycles. The van der Waals surface area contributed by atoms with Gasteiger partial charge >= 0.3 is 0 Å². The second-order valence-corrected chi connectivity index (χ2v) is 9.98. The van der Waals surface area contributed by atoms with E-state index in [0.717, 1.165) is 17.8 Å². The number of methoxy groups -OCH3 is 1. The smallest absolute Gasteiger partial charge is 0.232 e. The summed E-state index contributed by atoms with van der Waals surface area (Å²) in [6.07, 6.45) is 1.88. The predicted octanol–water partition coefficient (Wildman–Crippen LogP) is 3.60. The number of carbonyl (C=O) groups is 1. The van der Waals surface area contributed by atoms with Gasteiger partial charge in [0.1, 0.15) is 5.75 Å². The van der Waals surface area contributed by atoms with Gasteiger partial charge in [0.2, 0.25) is 15.9 Å². The largest absolute Gasteiger partial charge is 0.497 e. The second kappa shape index (κ2) is 11.9. The Morgan fingerprint density at radius 2 is 1.93 bits per heavy atom. The molecule has 0 atom stereocenters. The first-order chi connectivity index (χ1) is 14.3. The van der Waals surface area contributed by atoms with Crippen molar-refractivity contribution in [1.82, 2.24) is 5.32 Å². The summed E-state index contributed by atoms with van der Waals surface area (Å²) in [6.45, 7) is 2.94. The Bertz CT molecular complexity index is 932. The number of carbonyl (C=O) groups excluding carboxylic acids is 1. The van der Waals surface area contributed by atoms with Gasteiger partial charge in [-0.15, -0.1) is 0 Å². The van der Waals surface area contributed by atoms with E-state index in [4.69, 9.17) is 4.74 Å². The number of amides is 1. The summed E-state index contributed by atoms with van der Waals surface area (Å²) in [7, 11) is -1.92. The lowest BCUT2D eigenvalue weighted by Gasteiger charge is -2.22. The minimum atomic E-state index is -3.45. The van der Waals surface area contributed by atoms with E-state index in [2.05, 4.69) is 24.4 Å². The molecule has 1 N–H and O–H groups in total. The highest BCUT2D eigenvalue weighted by Crippen LogP contribution is 2.23. The average Bonchev–Trinajstić information content (AvgIpc) is 2.71. The van der Waals surface area contributed by atoms with Crippen LogP contribution in [0.3, 0.4) is 0 Å². The number of hydrogen-bond acceptors (Lipinski definition) is 5. The monoisotopic (exact) mass is 450 g/mol. The van der Waals surface area contributed by atoms with Crippen LogP contribution in [0.25, 0.3) is 0 Å². The molecule has 2 aromatic carbocycles. The zero-order valence-electron chi connectivity index (χ0n) is 17.8. The van der Waals surface area contributed by atoms with E-state index < -0.39 is 10.0 Å². The molecule has 6 nitrogen and oxygen atoms in total. The standard InChI is InChI=1S/C22H30N2O4S2/c1-18-8-4-5-9-19(18)17-29-15-13-23-22(25)12-7-14-24(30(3,26)27)20-10-6-11-21(16-20)28-2/h4-6,8-11,16H,7,12-15,17H2,1-3H3,(H,23,25). The number of nitrogens with one attached hydrogen (secondary N) is 1. The molecule has 2 aromatic rings. The number of hydrogen-bond donors (Lipinski definition) is 1. The molecule has 0 unspecified atom stereocenters. The number of rotatable bonds is 12. The molecular weight excluding hydrogens is 420 g/mol. The van der Waals surface area contributed by atoms with Crippen LogP contribution in [0.15, 0.2) is 48.5 Å². The van der Waals surface area contributed by atoms with Crippen molar-refractivity contribution in [2.45, 2.75) is 25.5 Å². The molecule has 1 amide bonds. The minimum absolute atomic E-state index is 0.0643. The first-order valence-corrected chi connectivity index (χ1v) is 12.8. The third kappa shape index (κ3) is 7.91. The van der Waals surface area contributed by atoms with Crippen LogP contribution in [-0.4, -0.2) is 46.5 Å².